The molecule has 0 bridgehead atoms. The molecule has 0 saturated heterocycles. The highest BCUT2D eigenvalue weighted by atomic mass is 19.1. The molecule has 0 radical (unpaired) electrons. The third kappa shape index (κ3) is 3.72. The maximum absolute atomic E-state index is 13.3. The van der Waals surface area contributed by atoms with Crippen molar-refractivity contribution in [2.45, 2.75) is 26.2 Å². The summed E-state index contributed by atoms with van der Waals surface area (Å²) < 4.78 is 13.3. The normalized spacial score (nSPS) is 13.4. The van der Waals surface area contributed by atoms with Gasteiger partial charge in [-0.1, -0.05) is 32.9 Å². The third-order valence-electron chi connectivity index (χ3n) is 3.85. The Kier molecular flexibility index (Phi) is 4.46. The van der Waals surface area contributed by atoms with Crippen LogP contribution in [0.5, 0.6) is 0 Å². The number of aromatic nitrogens is 4. The van der Waals surface area contributed by atoms with Crippen molar-refractivity contribution in [3.63, 3.8) is 0 Å². The first-order valence-electron chi connectivity index (χ1n) is 8.09. The standard InChI is InChI=1S/C19H19FN4O2/c1-19(2,3)16-13(21-10-22-16)9-15-18(26)23-14(17(25)24-15)8-11-5-4-6-12(20)7-11/h4-10H,1-3H3,(H,21,22)(H,23,26)(H,24,25)/b14-8-,15-9-. The number of nitrogens with one attached hydrogen (secondary N) is 3. The van der Waals surface area contributed by atoms with Crippen LogP contribution in [0.2, 0.25) is 0 Å². The lowest BCUT2D eigenvalue weighted by atomic mass is 9.90. The predicted octanol–water partition coefficient (Wildman–Crippen LogP) is 0.880. The van der Waals surface area contributed by atoms with Crippen molar-refractivity contribution in [1.29, 1.82) is 0 Å². The first kappa shape index (κ1) is 17.6. The molecule has 0 atom stereocenters. The molecule has 0 amide bonds. The number of hydrogen-bond donors (Lipinski definition) is 3. The molecule has 134 valence electrons. The first-order valence-corrected chi connectivity index (χ1v) is 8.09. The molecule has 0 saturated carbocycles. The Morgan fingerprint density at radius 2 is 1.69 bits per heavy atom. The highest BCUT2D eigenvalue weighted by molar-refractivity contribution is 5.49. The topological polar surface area (TPSA) is 94.4 Å². The summed E-state index contributed by atoms with van der Waals surface area (Å²) in [7, 11) is 0. The monoisotopic (exact) mass is 354 g/mol. The van der Waals surface area contributed by atoms with E-state index < -0.39 is 16.9 Å². The number of nitrogens with zero attached hydrogens (tertiary/aromatic N) is 1. The maximum Gasteiger partial charge on any atom is 0.272 e. The van der Waals surface area contributed by atoms with Gasteiger partial charge in [-0.2, -0.15) is 0 Å². The fraction of sp³-hybridized carbons (Fsp3) is 0.211. The third-order valence-corrected chi connectivity index (χ3v) is 3.85. The van der Waals surface area contributed by atoms with Gasteiger partial charge in [0.1, 0.15) is 16.5 Å². The van der Waals surface area contributed by atoms with Gasteiger partial charge in [-0.15, -0.1) is 0 Å². The molecule has 3 aromatic rings. The fourth-order valence-electron chi connectivity index (χ4n) is 2.61. The second-order valence-corrected chi connectivity index (χ2v) is 6.99. The molecule has 2 heterocycles. The zero-order chi connectivity index (χ0) is 18.9. The van der Waals surface area contributed by atoms with Crippen LogP contribution < -0.4 is 21.8 Å². The van der Waals surface area contributed by atoms with Gasteiger partial charge < -0.3 is 15.0 Å². The lowest BCUT2D eigenvalue weighted by Crippen LogP contribution is -2.46. The van der Waals surface area contributed by atoms with Gasteiger partial charge in [0.2, 0.25) is 0 Å². The molecular formula is C19H19FN4O2. The van der Waals surface area contributed by atoms with Crippen molar-refractivity contribution < 1.29 is 4.39 Å². The second-order valence-electron chi connectivity index (χ2n) is 6.99. The van der Waals surface area contributed by atoms with E-state index in [9.17, 15) is 14.0 Å². The van der Waals surface area contributed by atoms with Crippen LogP contribution in [0.3, 0.4) is 0 Å². The van der Waals surface area contributed by atoms with Gasteiger partial charge in [-0.25, -0.2) is 9.37 Å². The zero-order valence-electron chi connectivity index (χ0n) is 14.7. The highest BCUT2D eigenvalue weighted by Gasteiger charge is 2.19. The summed E-state index contributed by atoms with van der Waals surface area (Å²) in [6, 6.07) is 5.75. The van der Waals surface area contributed by atoms with Crippen molar-refractivity contribution >= 4 is 12.2 Å². The number of rotatable bonds is 2. The first-order chi connectivity index (χ1) is 12.2. The van der Waals surface area contributed by atoms with E-state index in [4.69, 9.17) is 0 Å². The van der Waals surface area contributed by atoms with Crippen LogP contribution in [0.4, 0.5) is 4.39 Å². The summed E-state index contributed by atoms with van der Waals surface area (Å²) >= 11 is 0. The number of imidazole rings is 1. The summed E-state index contributed by atoms with van der Waals surface area (Å²) in [5, 5.41) is 0.153. The van der Waals surface area contributed by atoms with Crippen LogP contribution in [-0.4, -0.2) is 19.9 Å². The minimum absolute atomic E-state index is 0.0517. The molecule has 7 heteroatoms. The molecule has 26 heavy (non-hydrogen) atoms. The molecule has 2 aromatic heterocycles. The Hall–Kier alpha value is -3.22. The average molecular weight is 354 g/mol. The Morgan fingerprint density at radius 1 is 1.04 bits per heavy atom. The average Bonchev–Trinajstić information content (AvgIpc) is 3.01. The lowest BCUT2D eigenvalue weighted by Gasteiger charge is -2.16. The van der Waals surface area contributed by atoms with Gasteiger partial charge in [0.15, 0.2) is 0 Å². The Morgan fingerprint density at radius 3 is 2.31 bits per heavy atom. The van der Waals surface area contributed by atoms with Crippen LogP contribution >= 0.6 is 0 Å². The molecule has 3 rings (SSSR count). The number of H-pyrrole nitrogens is 3. The van der Waals surface area contributed by atoms with E-state index in [-0.39, 0.29) is 16.1 Å². The molecule has 0 aliphatic carbocycles. The maximum atomic E-state index is 13.3. The van der Waals surface area contributed by atoms with E-state index >= 15 is 0 Å². The van der Waals surface area contributed by atoms with Gasteiger partial charge >= 0.3 is 0 Å². The van der Waals surface area contributed by atoms with Crippen LogP contribution in [0.25, 0.3) is 12.2 Å². The summed E-state index contributed by atoms with van der Waals surface area (Å²) in [6.07, 6.45) is 4.50. The molecule has 3 N–H and O–H groups in total. The Balaban J connectivity index is 2.14. The van der Waals surface area contributed by atoms with Crippen LogP contribution in [0.15, 0.2) is 40.2 Å². The molecule has 0 aliphatic rings. The van der Waals surface area contributed by atoms with Crippen molar-refractivity contribution in [2.75, 3.05) is 0 Å². The van der Waals surface area contributed by atoms with Gasteiger partial charge in [0.05, 0.1) is 12.0 Å². The van der Waals surface area contributed by atoms with Crippen molar-refractivity contribution in [3.05, 3.63) is 84.8 Å². The summed E-state index contributed by atoms with van der Waals surface area (Å²) in [5.41, 5.74) is 0.780. The van der Waals surface area contributed by atoms with E-state index in [1.807, 2.05) is 20.8 Å². The molecule has 6 nitrogen and oxygen atoms in total. The number of aromatic amines is 3. The van der Waals surface area contributed by atoms with Crippen molar-refractivity contribution in [2.24, 2.45) is 0 Å². The molecule has 0 fully saturated rings. The minimum Gasteiger partial charge on any atom is -0.348 e. The van der Waals surface area contributed by atoms with E-state index in [2.05, 4.69) is 19.9 Å². The van der Waals surface area contributed by atoms with Gasteiger partial charge in [-0.05, 0) is 29.8 Å². The molecule has 0 spiro atoms. The number of hydrogen-bond acceptors (Lipinski definition) is 3. The van der Waals surface area contributed by atoms with E-state index in [1.54, 1.807) is 12.4 Å². The van der Waals surface area contributed by atoms with E-state index in [0.29, 0.717) is 11.3 Å². The Bertz CT molecular complexity index is 1180. The van der Waals surface area contributed by atoms with Crippen LogP contribution in [0, 0.1) is 5.82 Å². The zero-order valence-corrected chi connectivity index (χ0v) is 14.7. The van der Waals surface area contributed by atoms with Crippen molar-refractivity contribution in [1.82, 2.24) is 19.9 Å². The molecular weight excluding hydrogens is 335 g/mol. The summed E-state index contributed by atoms with van der Waals surface area (Å²) in [4.78, 5) is 37.0. The van der Waals surface area contributed by atoms with Crippen LogP contribution in [0.1, 0.15) is 37.7 Å². The molecule has 0 unspecified atom stereocenters. The van der Waals surface area contributed by atoms with Crippen LogP contribution in [-0.2, 0) is 5.41 Å². The van der Waals surface area contributed by atoms with Gasteiger partial charge in [0, 0.05) is 11.1 Å². The minimum atomic E-state index is -0.479. The molecule has 1 aromatic carbocycles. The van der Waals surface area contributed by atoms with Crippen molar-refractivity contribution in [3.8, 4) is 0 Å². The summed E-state index contributed by atoms with van der Waals surface area (Å²) in [5.74, 6) is -0.421. The largest absolute Gasteiger partial charge is 0.348 e. The Labute approximate surface area is 148 Å². The summed E-state index contributed by atoms with van der Waals surface area (Å²) in [6.45, 7) is 6.05. The molecule has 0 aliphatic heterocycles. The highest BCUT2D eigenvalue weighted by Crippen LogP contribution is 2.22. The fourth-order valence-corrected chi connectivity index (χ4v) is 2.61. The van der Waals surface area contributed by atoms with Gasteiger partial charge in [-0.3, -0.25) is 9.59 Å². The predicted molar refractivity (Wildman–Crippen MR) is 97.8 cm³/mol. The second kappa shape index (κ2) is 6.59. The van der Waals surface area contributed by atoms with Gasteiger partial charge in [0.25, 0.3) is 11.1 Å². The smallest absolute Gasteiger partial charge is 0.272 e. The number of benzene rings is 1. The lowest BCUT2D eigenvalue weighted by molar-refractivity contribution is 0.571. The number of halogens is 1. The quantitative estimate of drug-likeness (QED) is 0.638. The van der Waals surface area contributed by atoms with E-state index in [1.165, 1.54) is 30.4 Å². The SMILES string of the molecule is CC(C)(C)c1[nH]cnc1/C=c1\[nH]c(=O)/c(=C/c2cccc(F)c2)[nH]c1=O. The van der Waals surface area contributed by atoms with E-state index in [0.717, 1.165) is 5.69 Å².